The summed E-state index contributed by atoms with van der Waals surface area (Å²) < 4.78 is 16.2. The second kappa shape index (κ2) is 8.95. The van der Waals surface area contributed by atoms with Crippen LogP contribution in [-0.2, 0) is 9.59 Å². The third-order valence-corrected chi connectivity index (χ3v) is 5.42. The average molecular weight is 420 g/mol. The Kier molecular flexibility index (Phi) is 5.93. The molecule has 0 spiro atoms. The Bertz CT molecular complexity index is 1050. The van der Waals surface area contributed by atoms with Crippen molar-refractivity contribution < 1.29 is 23.5 Å². The molecule has 1 saturated heterocycles. The van der Waals surface area contributed by atoms with Gasteiger partial charge in [0, 0.05) is 24.7 Å². The highest BCUT2D eigenvalue weighted by Crippen LogP contribution is 2.34. The quantitative estimate of drug-likeness (QED) is 0.632. The molecular weight excluding hydrogens is 396 g/mol. The van der Waals surface area contributed by atoms with Gasteiger partial charge in [-0.25, -0.2) is 0 Å². The number of anilines is 1. The van der Waals surface area contributed by atoms with E-state index in [9.17, 15) is 9.59 Å². The van der Waals surface area contributed by atoms with Crippen LogP contribution >= 0.6 is 0 Å². The van der Waals surface area contributed by atoms with E-state index in [0.717, 1.165) is 5.56 Å². The number of ether oxygens (including phenoxy) is 2. The highest BCUT2D eigenvalue weighted by Gasteiger charge is 2.36. The van der Waals surface area contributed by atoms with Crippen molar-refractivity contribution in [1.29, 1.82) is 0 Å². The second-order valence-electron chi connectivity index (χ2n) is 7.31. The maximum Gasteiger partial charge on any atom is 0.227 e. The SMILES string of the molecule is COc1ccc(N2CC(C(=O)NC(c3ccccc3)c3ccco3)CC2=O)cc1OC. The molecule has 1 aliphatic rings. The van der Waals surface area contributed by atoms with Crippen molar-refractivity contribution in [3.05, 3.63) is 78.3 Å². The van der Waals surface area contributed by atoms with Gasteiger partial charge in [0.2, 0.25) is 11.8 Å². The fourth-order valence-corrected chi connectivity index (χ4v) is 3.81. The van der Waals surface area contributed by atoms with E-state index in [1.54, 1.807) is 49.6 Å². The van der Waals surface area contributed by atoms with Crippen LogP contribution in [0.1, 0.15) is 23.8 Å². The summed E-state index contributed by atoms with van der Waals surface area (Å²) in [7, 11) is 3.10. The van der Waals surface area contributed by atoms with Gasteiger partial charge in [0.1, 0.15) is 11.8 Å². The summed E-state index contributed by atoms with van der Waals surface area (Å²) in [4.78, 5) is 27.4. The summed E-state index contributed by atoms with van der Waals surface area (Å²) in [5.41, 5.74) is 1.58. The number of hydrogen-bond donors (Lipinski definition) is 1. The number of hydrogen-bond acceptors (Lipinski definition) is 5. The molecular formula is C24H24N2O5. The third kappa shape index (κ3) is 4.26. The topological polar surface area (TPSA) is 81.0 Å². The maximum atomic E-state index is 13.1. The van der Waals surface area contributed by atoms with Crippen LogP contribution in [-0.4, -0.2) is 32.6 Å². The summed E-state index contributed by atoms with van der Waals surface area (Å²) in [5, 5.41) is 3.05. The van der Waals surface area contributed by atoms with Crippen molar-refractivity contribution in [3.63, 3.8) is 0 Å². The lowest BCUT2D eigenvalue weighted by Gasteiger charge is -2.21. The van der Waals surface area contributed by atoms with Crippen LogP contribution in [0.5, 0.6) is 11.5 Å². The van der Waals surface area contributed by atoms with Crippen molar-refractivity contribution in [2.24, 2.45) is 5.92 Å². The van der Waals surface area contributed by atoms with Crippen LogP contribution < -0.4 is 19.7 Å². The Hall–Kier alpha value is -3.74. The predicted octanol–water partition coefficient (Wildman–Crippen LogP) is 3.56. The fraction of sp³-hybridized carbons (Fsp3) is 0.250. The first-order chi connectivity index (χ1) is 15.1. The van der Waals surface area contributed by atoms with Crippen LogP contribution in [0.3, 0.4) is 0 Å². The van der Waals surface area contributed by atoms with Crippen molar-refractivity contribution in [3.8, 4) is 11.5 Å². The Morgan fingerprint density at radius 2 is 1.84 bits per heavy atom. The normalized spacial score (nSPS) is 16.8. The molecule has 160 valence electrons. The van der Waals surface area contributed by atoms with Crippen LogP contribution in [0.2, 0.25) is 0 Å². The van der Waals surface area contributed by atoms with Gasteiger partial charge in [-0.1, -0.05) is 30.3 Å². The van der Waals surface area contributed by atoms with Crippen LogP contribution in [0, 0.1) is 5.92 Å². The Balaban J connectivity index is 1.51. The molecule has 2 unspecified atom stereocenters. The lowest BCUT2D eigenvalue weighted by Crippen LogP contribution is -2.36. The summed E-state index contributed by atoms with van der Waals surface area (Å²) >= 11 is 0. The number of furan rings is 1. The largest absolute Gasteiger partial charge is 0.493 e. The Labute approximate surface area is 180 Å². The lowest BCUT2D eigenvalue weighted by molar-refractivity contribution is -0.126. The van der Waals surface area contributed by atoms with Crippen molar-refractivity contribution >= 4 is 17.5 Å². The van der Waals surface area contributed by atoms with E-state index >= 15 is 0 Å². The Morgan fingerprint density at radius 3 is 2.52 bits per heavy atom. The molecule has 3 aromatic rings. The van der Waals surface area contributed by atoms with E-state index in [1.165, 1.54) is 0 Å². The van der Waals surface area contributed by atoms with Gasteiger partial charge in [-0.2, -0.15) is 0 Å². The summed E-state index contributed by atoms with van der Waals surface area (Å²) in [6, 6.07) is 18.1. The van der Waals surface area contributed by atoms with Gasteiger partial charge in [0.05, 0.1) is 26.4 Å². The number of nitrogens with zero attached hydrogens (tertiary/aromatic N) is 1. The van der Waals surface area contributed by atoms with E-state index in [1.807, 2.05) is 36.4 Å². The minimum absolute atomic E-state index is 0.110. The smallest absolute Gasteiger partial charge is 0.227 e. The summed E-state index contributed by atoms with van der Waals surface area (Å²) in [6.07, 6.45) is 1.72. The molecule has 31 heavy (non-hydrogen) atoms. The third-order valence-electron chi connectivity index (χ3n) is 5.42. The second-order valence-corrected chi connectivity index (χ2v) is 7.31. The first-order valence-electron chi connectivity index (χ1n) is 10.0. The zero-order valence-electron chi connectivity index (χ0n) is 17.4. The van der Waals surface area contributed by atoms with E-state index in [2.05, 4.69) is 5.32 Å². The number of nitrogens with one attached hydrogen (secondary N) is 1. The minimum atomic E-state index is -0.471. The minimum Gasteiger partial charge on any atom is -0.493 e. The molecule has 2 amide bonds. The first kappa shape index (κ1) is 20.5. The molecule has 1 fully saturated rings. The molecule has 7 heteroatoms. The number of benzene rings is 2. The molecule has 1 N–H and O–H groups in total. The molecule has 0 aliphatic carbocycles. The zero-order valence-corrected chi connectivity index (χ0v) is 17.4. The molecule has 7 nitrogen and oxygen atoms in total. The number of carbonyl (C=O) groups is 2. The van der Waals surface area contributed by atoms with Crippen molar-refractivity contribution in [1.82, 2.24) is 5.32 Å². The van der Waals surface area contributed by atoms with Gasteiger partial charge in [-0.15, -0.1) is 0 Å². The van der Waals surface area contributed by atoms with E-state index in [4.69, 9.17) is 13.9 Å². The number of rotatable bonds is 7. The zero-order chi connectivity index (χ0) is 21.8. The van der Waals surface area contributed by atoms with Gasteiger partial charge >= 0.3 is 0 Å². The van der Waals surface area contributed by atoms with Gasteiger partial charge in [0.15, 0.2) is 11.5 Å². The van der Waals surface area contributed by atoms with E-state index in [0.29, 0.717) is 29.5 Å². The molecule has 2 aromatic carbocycles. The fourth-order valence-electron chi connectivity index (χ4n) is 3.81. The van der Waals surface area contributed by atoms with Gasteiger partial charge < -0.3 is 24.1 Å². The highest BCUT2D eigenvalue weighted by molar-refractivity contribution is 6.00. The van der Waals surface area contributed by atoms with Gasteiger partial charge in [-0.05, 0) is 29.8 Å². The van der Waals surface area contributed by atoms with Crippen LogP contribution in [0.15, 0.2) is 71.3 Å². The van der Waals surface area contributed by atoms with E-state index in [-0.39, 0.29) is 18.2 Å². The average Bonchev–Trinajstić information content (AvgIpc) is 3.47. The molecule has 0 saturated carbocycles. The van der Waals surface area contributed by atoms with Gasteiger partial charge in [0.25, 0.3) is 0 Å². The molecule has 1 aromatic heterocycles. The molecule has 0 radical (unpaired) electrons. The number of amides is 2. The number of carbonyl (C=O) groups excluding carboxylic acids is 2. The molecule has 0 bridgehead atoms. The molecule has 2 heterocycles. The summed E-state index contributed by atoms with van der Waals surface area (Å²) in [6.45, 7) is 0.291. The highest BCUT2D eigenvalue weighted by atomic mass is 16.5. The van der Waals surface area contributed by atoms with Crippen LogP contribution in [0.4, 0.5) is 5.69 Å². The molecule has 2 atom stereocenters. The first-order valence-corrected chi connectivity index (χ1v) is 10.0. The lowest BCUT2D eigenvalue weighted by atomic mass is 10.0. The monoisotopic (exact) mass is 420 g/mol. The summed E-state index contributed by atoms with van der Waals surface area (Å²) in [5.74, 6) is 0.976. The standard InChI is InChI=1S/C24H24N2O5/c1-29-19-11-10-18(14-21(19)30-2)26-15-17(13-22(26)27)24(28)25-23(20-9-6-12-31-20)16-7-4-3-5-8-16/h3-12,14,17,23H,13,15H2,1-2H3,(H,25,28). The predicted molar refractivity (Wildman–Crippen MR) is 115 cm³/mol. The van der Waals surface area contributed by atoms with Gasteiger partial charge in [-0.3, -0.25) is 9.59 Å². The maximum absolute atomic E-state index is 13.1. The van der Waals surface area contributed by atoms with E-state index < -0.39 is 12.0 Å². The van der Waals surface area contributed by atoms with Crippen molar-refractivity contribution in [2.75, 3.05) is 25.7 Å². The number of methoxy groups -OCH3 is 2. The Morgan fingerprint density at radius 1 is 1.06 bits per heavy atom. The van der Waals surface area contributed by atoms with Crippen LogP contribution in [0.25, 0.3) is 0 Å². The molecule has 1 aliphatic heterocycles. The molecule has 4 rings (SSSR count). The van der Waals surface area contributed by atoms with Crippen molar-refractivity contribution in [2.45, 2.75) is 12.5 Å².